The summed E-state index contributed by atoms with van der Waals surface area (Å²) in [7, 11) is 0. The van der Waals surface area contributed by atoms with Gasteiger partial charge >= 0.3 is 0 Å². The van der Waals surface area contributed by atoms with Gasteiger partial charge in [-0.05, 0) is 50.7 Å². The summed E-state index contributed by atoms with van der Waals surface area (Å²) < 4.78 is 27.7. The van der Waals surface area contributed by atoms with Gasteiger partial charge in [0.15, 0.2) is 0 Å². The molecule has 1 aromatic rings. The van der Waals surface area contributed by atoms with Crippen LogP contribution in [-0.4, -0.2) is 29.1 Å². The van der Waals surface area contributed by atoms with Gasteiger partial charge in [-0.3, -0.25) is 4.79 Å². The first-order valence-corrected chi connectivity index (χ1v) is 9.97. The predicted octanol–water partition coefficient (Wildman–Crippen LogP) is 4.94. The van der Waals surface area contributed by atoms with Gasteiger partial charge < -0.3 is 4.90 Å². The summed E-state index contributed by atoms with van der Waals surface area (Å²) >= 11 is 1.33. The molecule has 5 heteroatoms. The van der Waals surface area contributed by atoms with Gasteiger partial charge in [-0.15, -0.1) is 11.8 Å². The molecule has 1 heterocycles. The van der Waals surface area contributed by atoms with E-state index in [1.807, 2.05) is 4.90 Å². The number of likely N-dealkylation sites (tertiary alicyclic amines) is 1. The fraction of sp³-hybridized carbons (Fsp3) is 0.632. The molecule has 1 amide bonds. The second kappa shape index (κ2) is 7.85. The summed E-state index contributed by atoms with van der Waals surface area (Å²) in [4.78, 5) is 14.7. The average molecular weight is 353 g/mol. The summed E-state index contributed by atoms with van der Waals surface area (Å²) in [5.41, 5.74) is 0.0736. The number of amides is 1. The molecule has 1 aliphatic carbocycles. The van der Waals surface area contributed by atoms with E-state index in [0.29, 0.717) is 12.0 Å². The minimum atomic E-state index is -0.534. The van der Waals surface area contributed by atoms with Gasteiger partial charge in [0.2, 0.25) is 5.91 Å². The lowest BCUT2D eigenvalue weighted by molar-refractivity contribution is -0.134. The monoisotopic (exact) mass is 353 g/mol. The average Bonchev–Trinajstić information content (AvgIpc) is 2.59. The third-order valence-electron chi connectivity index (χ3n) is 5.43. The highest BCUT2D eigenvalue weighted by atomic mass is 32.2. The number of thioether (sulfide) groups is 1. The number of piperidine rings is 1. The number of nitrogens with zero attached hydrogens (tertiary/aromatic N) is 1. The summed E-state index contributed by atoms with van der Waals surface area (Å²) in [5, 5.41) is -0.373. The molecule has 1 aromatic carbocycles. The number of halogens is 2. The van der Waals surface area contributed by atoms with Gasteiger partial charge in [0.05, 0.1) is 5.75 Å². The molecule has 3 atom stereocenters. The van der Waals surface area contributed by atoms with Crippen LogP contribution in [0.4, 0.5) is 8.78 Å². The van der Waals surface area contributed by atoms with Crippen molar-refractivity contribution in [2.24, 2.45) is 5.92 Å². The molecule has 0 bridgehead atoms. The Morgan fingerprint density at radius 1 is 1.21 bits per heavy atom. The molecule has 0 radical (unpaired) electrons. The highest BCUT2D eigenvalue weighted by Gasteiger charge is 2.35. The number of carbonyl (C=O) groups excluding carboxylic acids is 1. The SMILES string of the molecule is CC(SCC(=O)N1CCCC2CCCCC21)c1c(F)cccc1F. The smallest absolute Gasteiger partial charge is 0.232 e. The molecule has 0 spiro atoms. The zero-order valence-electron chi connectivity index (χ0n) is 14.1. The zero-order chi connectivity index (χ0) is 17.1. The van der Waals surface area contributed by atoms with Crippen LogP contribution in [0.5, 0.6) is 0 Å². The summed E-state index contributed by atoms with van der Waals surface area (Å²) in [6.45, 7) is 2.60. The lowest BCUT2D eigenvalue weighted by Gasteiger charge is -2.44. The van der Waals surface area contributed by atoms with E-state index in [2.05, 4.69) is 0 Å². The Morgan fingerprint density at radius 3 is 2.62 bits per heavy atom. The Hall–Kier alpha value is -1.10. The lowest BCUT2D eigenvalue weighted by Crippen LogP contribution is -2.50. The highest BCUT2D eigenvalue weighted by Crippen LogP contribution is 2.37. The summed E-state index contributed by atoms with van der Waals surface area (Å²) in [6, 6.07) is 4.30. The number of rotatable bonds is 4. The van der Waals surface area contributed by atoms with Crippen LogP contribution in [0.3, 0.4) is 0 Å². The largest absolute Gasteiger partial charge is 0.339 e. The van der Waals surface area contributed by atoms with E-state index >= 15 is 0 Å². The molecule has 3 unspecified atom stereocenters. The van der Waals surface area contributed by atoms with Crippen molar-refractivity contribution < 1.29 is 13.6 Å². The number of fused-ring (bicyclic) bond motifs is 1. The Bertz CT molecular complexity index is 572. The van der Waals surface area contributed by atoms with Crippen LogP contribution in [0.15, 0.2) is 18.2 Å². The first kappa shape index (κ1) is 17.7. The first-order valence-electron chi connectivity index (χ1n) is 8.93. The van der Waals surface area contributed by atoms with Crippen molar-refractivity contribution >= 4 is 17.7 Å². The summed E-state index contributed by atoms with van der Waals surface area (Å²) in [6.07, 6.45) is 7.14. The normalized spacial score (nSPS) is 25.2. The molecule has 1 saturated carbocycles. The van der Waals surface area contributed by atoms with Crippen LogP contribution in [0.25, 0.3) is 0 Å². The van der Waals surface area contributed by atoms with Crippen LogP contribution in [0.2, 0.25) is 0 Å². The number of hydrogen-bond acceptors (Lipinski definition) is 2. The van der Waals surface area contributed by atoms with Crippen molar-refractivity contribution in [3.8, 4) is 0 Å². The fourth-order valence-electron chi connectivity index (χ4n) is 4.20. The van der Waals surface area contributed by atoms with Crippen LogP contribution in [0.1, 0.15) is 56.3 Å². The Kier molecular flexibility index (Phi) is 5.80. The minimum absolute atomic E-state index is 0.0736. The van der Waals surface area contributed by atoms with Crippen LogP contribution in [0, 0.1) is 17.6 Å². The maximum atomic E-state index is 13.9. The molecule has 24 heavy (non-hydrogen) atoms. The molecule has 2 fully saturated rings. The Morgan fingerprint density at radius 2 is 1.88 bits per heavy atom. The first-order chi connectivity index (χ1) is 11.6. The van der Waals surface area contributed by atoms with E-state index in [4.69, 9.17) is 0 Å². The van der Waals surface area contributed by atoms with Crippen molar-refractivity contribution in [1.82, 2.24) is 4.90 Å². The van der Waals surface area contributed by atoms with E-state index in [1.165, 1.54) is 55.6 Å². The summed E-state index contributed by atoms with van der Waals surface area (Å²) in [5.74, 6) is 0.00152. The van der Waals surface area contributed by atoms with Crippen molar-refractivity contribution in [3.63, 3.8) is 0 Å². The van der Waals surface area contributed by atoms with Crippen LogP contribution < -0.4 is 0 Å². The van der Waals surface area contributed by atoms with Gasteiger partial charge in [-0.2, -0.15) is 0 Å². The molecule has 0 N–H and O–H groups in total. The van der Waals surface area contributed by atoms with Gasteiger partial charge in [0.25, 0.3) is 0 Å². The van der Waals surface area contributed by atoms with E-state index in [1.54, 1.807) is 6.92 Å². The molecular formula is C19H25F2NOS. The third kappa shape index (κ3) is 3.76. The Labute approximate surface area is 147 Å². The minimum Gasteiger partial charge on any atom is -0.339 e. The van der Waals surface area contributed by atoms with Crippen molar-refractivity contribution in [3.05, 3.63) is 35.4 Å². The van der Waals surface area contributed by atoms with Gasteiger partial charge in [-0.1, -0.05) is 18.9 Å². The molecule has 3 rings (SSSR count). The van der Waals surface area contributed by atoms with Crippen LogP contribution in [-0.2, 0) is 4.79 Å². The maximum Gasteiger partial charge on any atom is 0.232 e. The number of carbonyl (C=O) groups is 1. The second-order valence-electron chi connectivity index (χ2n) is 6.93. The molecule has 0 aromatic heterocycles. The predicted molar refractivity (Wildman–Crippen MR) is 93.9 cm³/mol. The van der Waals surface area contributed by atoms with Crippen LogP contribution >= 0.6 is 11.8 Å². The lowest BCUT2D eigenvalue weighted by atomic mass is 9.78. The molecule has 1 aliphatic heterocycles. The second-order valence-corrected chi connectivity index (χ2v) is 8.26. The number of hydrogen-bond donors (Lipinski definition) is 0. The molecule has 1 saturated heterocycles. The van der Waals surface area contributed by atoms with Crippen molar-refractivity contribution in [1.29, 1.82) is 0 Å². The Balaban J connectivity index is 1.60. The number of benzene rings is 1. The van der Waals surface area contributed by atoms with E-state index < -0.39 is 11.6 Å². The fourth-order valence-corrected chi connectivity index (χ4v) is 5.15. The molecule has 2 aliphatic rings. The molecule has 132 valence electrons. The quantitative estimate of drug-likeness (QED) is 0.764. The molecule has 2 nitrogen and oxygen atoms in total. The van der Waals surface area contributed by atoms with Crippen molar-refractivity contribution in [2.75, 3.05) is 12.3 Å². The van der Waals surface area contributed by atoms with Gasteiger partial charge in [0.1, 0.15) is 11.6 Å². The topological polar surface area (TPSA) is 20.3 Å². The molecular weight excluding hydrogens is 328 g/mol. The van der Waals surface area contributed by atoms with E-state index in [0.717, 1.165) is 19.4 Å². The maximum absolute atomic E-state index is 13.9. The van der Waals surface area contributed by atoms with E-state index in [-0.39, 0.29) is 22.5 Å². The zero-order valence-corrected chi connectivity index (χ0v) is 15.0. The van der Waals surface area contributed by atoms with Crippen molar-refractivity contribution in [2.45, 2.75) is 56.7 Å². The van der Waals surface area contributed by atoms with Gasteiger partial charge in [0, 0.05) is 23.4 Å². The van der Waals surface area contributed by atoms with E-state index in [9.17, 15) is 13.6 Å². The van der Waals surface area contributed by atoms with Gasteiger partial charge in [-0.25, -0.2) is 8.78 Å². The highest BCUT2D eigenvalue weighted by molar-refractivity contribution is 8.00. The third-order valence-corrected chi connectivity index (χ3v) is 6.58. The standard InChI is InChI=1S/C19H25F2NOS/c1-13(19-15(20)8-4-9-16(19)21)24-12-18(23)22-11-5-7-14-6-2-3-10-17(14)22/h4,8-9,13-14,17H,2-3,5-7,10-12H2,1H3.